The molecule has 0 heterocycles. The third kappa shape index (κ3) is 2.63. The Balaban J connectivity index is 2.86. The zero-order valence-corrected chi connectivity index (χ0v) is 7.32. The highest BCUT2D eigenvalue weighted by Crippen LogP contribution is 2.12. The van der Waals surface area contributed by atoms with Gasteiger partial charge in [-0.1, -0.05) is 12.1 Å². The lowest BCUT2D eigenvalue weighted by atomic mass is 10.2. The van der Waals surface area contributed by atoms with Crippen LogP contribution < -0.4 is 4.74 Å². The van der Waals surface area contributed by atoms with Gasteiger partial charge in [-0.3, -0.25) is 0 Å². The van der Waals surface area contributed by atoms with E-state index in [4.69, 9.17) is 15.3 Å². The number of nitrogens with one attached hydrogen (secondary N) is 1. The van der Waals surface area contributed by atoms with E-state index in [-0.39, 0.29) is 5.76 Å². The second-order valence-corrected chi connectivity index (χ2v) is 2.49. The Morgan fingerprint density at radius 1 is 1.38 bits per heavy atom. The average Bonchev–Trinajstić information content (AvgIpc) is 2.19. The molecule has 0 bridgehead atoms. The van der Waals surface area contributed by atoms with Gasteiger partial charge >= 0.3 is 0 Å². The quantitative estimate of drug-likeness (QED) is 0.549. The Morgan fingerprint density at radius 3 is 2.46 bits per heavy atom. The summed E-state index contributed by atoms with van der Waals surface area (Å²) in [5.41, 5.74) is 0.835. The maximum atomic E-state index is 9.02. The van der Waals surface area contributed by atoms with Crippen LogP contribution in [0.25, 0.3) is 6.08 Å². The molecule has 68 valence electrons. The Labute approximate surface area is 76.8 Å². The maximum Gasteiger partial charge on any atom is 0.133 e. The van der Waals surface area contributed by atoms with Crippen LogP contribution in [0.1, 0.15) is 5.56 Å². The summed E-state index contributed by atoms with van der Waals surface area (Å²) in [6, 6.07) is 7.20. The first kappa shape index (κ1) is 9.32. The third-order valence-corrected chi connectivity index (χ3v) is 1.58. The summed E-state index contributed by atoms with van der Waals surface area (Å²) < 4.78 is 4.97. The molecule has 1 aromatic rings. The van der Waals surface area contributed by atoms with Crippen LogP contribution in [0.4, 0.5) is 0 Å². The summed E-state index contributed by atoms with van der Waals surface area (Å²) in [5, 5.41) is 15.8. The van der Waals surface area contributed by atoms with Crippen LogP contribution in [0.2, 0.25) is 0 Å². The summed E-state index contributed by atoms with van der Waals surface area (Å²) in [7, 11) is 1.60. The van der Waals surface area contributed by atoms with Gasteiger partial charge in [-0.25, -0.2) is 0 Å². The van der Waals surface area contributed by atoms with Crippen LogP contribution in [-0.2, 0) is 0 Å². The fourth-order valence-electron chi connectivity index (χ4n) is 0.913. The number of aliphatic hydroxyl groups excluding tert-OH is 1. The number of rotatable bonds is 3. The Hall–Kier alpha value is -1.77. The van der Waals surface area contributed by atoms with Gasteiger partial charge in [-0.2, -0.15) is 0 Å². The van der Waals surface area contributed by atoms with Crippen LogP contribution in [0.15, 0.2) is 30.0 Å². The van der Waals surface area contributed by atoms with Gasteiger partial charge in [0.1, 0.15) is 11.5 Å². The molecule has 0 spiro atoms. The zero-order valence-electron chi connectivity index (χ0n) is 7.32. The fourth-order valence-corrected chi connectivity index (χ4v) is 0.913. The average molecular weight is 177 g/mol. The summed E-state index contributed by atoms with van der Waals surface area (Å²) >= 11 is 0. The summed E-state index contributed by atoms with van der Waals surface area (Å²) in [4.78, 5) is 0. The predicted octanol–water partition coefficient (Wildman–Crippen LogP) is 2.24. The van der Waals surface area contributed by atoms with Crippen LogP contribution in [0, 0.1) is 5.41 Å². The van der Waals surface area contributed by atoms with Gasteiger partial charge in [0.05, 0.1) is 13.3 Å². The van der Waals surface area contributed by atoms with Crippen molar-refractivity contribution in [3.8, 4) is 5.75 Å². The van der Waals surface area contributed by atoms with E-state index in [1.807, 2.05) is 0 Å². The zero-order chi connectivity index (χ0) is 9.68. The standard InChI is InChI=1S/C10H11NO2/c1-13-10-4-2-8(3-5-10)6-9(12)7-11/h2-7,11-12H,1H3/b9-6+,11-7?. The second-order valence-electron chi connectivity index (χ2n) is 2.49. The largest absolute Gasteiger partial charge is 0.506 e. The van der Waals surface area contributed by atoms with Gasteiger partial charge in [0.25, 0.3) is 0 Å². The SMILES string of the molecule is COc1ccc(/C=C(/O)C=N)cc1. The monoisotopic (exact) mass is 177 g/mol. The molecule has 0 fully saturated rings. The lowest BCUT2D eigenvalue weighted by Crippen LogP contribution is -1.83. The molecule has 0 aliphatic carbocycles. The molecule has 0 saturated heterocycles. The van der Waals surface area contributed by atoms with Crippen molar-refractivity contribution in [1.82, 2.24) is 0 Å². The van der Waals surface area contributed by atoms with Gasteiger partial charge in [-0.05, 0) is 23.8 Å². The van der Waals surface area contributed by atoms with Crippen molar-refractivity contribution in [2.75, 3.05) is 7.11 Å². The highest BCUT2D eigenvalue weighted by atomic mass is 16.5. The normalized spacial score (nSPS) is 11.0. The van der Waals surface area contributed by atoms with Crippen LogP contribution >= 0.6 is 0 Å². The summed E-state index contributed by atoms with van der Waals surface area (Å²) in [6.07, 6.45) is 2.40. The smallest absolute Gasteiger partial charge is 0.133 e. The van der Waals surface area contributed by atoms with Gasteiger partial charge in [-0.15, -0.1) is 0 Å². The Morgan fingerprint density at radius 2 is 2.00 bits per heavy atom. The van der Waals surface area contributed by atoms with Crippen molar-refractivity contribution in [2.45, 2.75) is 0 Å². The number of hydrogen-bond acceptors (Lipinski definition) is 3. The molecular formula is C10H11NO2. The predicted molar refractivity (Wildman–Crippen MR) is 52.4 cm³/mol. The number of hydrogen-bond donors (Lipinski definition) is 2. The van der Waals surface area contributed by atoms with Crippen molar-refractivity contribution < 1.29 is 9.84 Å². The summed E-state index contributed by atoms with van der Waals surface area (Å²) in [5.74, 6) is 0.705. The minimum Gasteiger partial charge on any atom is -0.506 e. The van der Waals surface area contributed by atoms with E-state index in [0.717, 1.165) is 17.5 Å². The van der Waals surface area contributed by atoms with Gasteiger partial charge < -0.3 is 15.3 Å². The molecule has 0 aliphatic rings. The molecule has 1 rings (SSSR count). The molecule has 0 saturated carbocycles. The third-order valence-electron chi connectivity index (χ3n) is 1.58. The van der Waals surface area contributed by atoms with Gasteiger partial charge in [0, 0.05) is 0 Å². The van der Waals surface area contributed by atoms with E-state index < -0.39 is 0 Å². The van der Waals surface area contributed by atoms with Crippen LogP contribution in [0.3, 0.4) is 0 Å². The minimum atomic E-state index is -0.0647. The van der Waals surface area contributed by atoms with E-state index >= 15 is 0 Å². The fraction of sp³-hybridized carbons (Fsp3) is 0.100. The van der Waals surface area contributed by atoms with Crippen LogP contribution in [0.5, 0.6) is 5.75 Å². The van der Waals surface area contributed by atoms with Gasteiger partial charge in [0.15, 0.2) is 0 Å². The molecule has 2 N–H and O–H groups in total. The molecule has 0 radical (unpaired) electrons. The highest BCUT2D eigenvalue weighted by molar-refractivity contribution is 5.80. The molecule has 3 heteroatoms. The van der Waals surface area contributed by atoms with Crippen molar-refractivity contribution >= 4 is 12.3 Å². The Kier molecular flexibility index (Phi) is 3.09. The van der Waals surface area contributed by atoms with E-state index in [9.17, 15) is 0 Å². The molecule has 0 unspecified atom stereocenters. The lowest BCUT2D eigenvalue weighted by Gasteiger charge is -1.99. The van der Waals surface area contributed by atoms with E-state index in [0.29, 0.717) is 0 Å². The highest BCUT2D eigenvalue weighted by Gasteiger charge is 1.92. The van der Waals surface area contributed by atoms with Crippen molar-refractivity contribution in [3.63, 3.8) is 0 Å². The molecule has 3 nitrogen and oxygen atoms in total. The molecular weight excluding hydrogens is 166 g/mol. The number of allylic oxidation sites excluding steroid dienone is 1. The van der Waals surface area contributed by atoms with Crippen molar-refractivity contribution in [2.24, 2.45) is 0 Å². The van der Waals surface area contributed by atoms with Crippen molar-refractivity contribution in [3.05, 3.63) is 35.6 Å². The molecule has 0 atom stereocenters. The first-order valence-corrected chi connectivity index (χ1v) is 3.81. The van der Waals surface area contributed by atoms with Crippen molar-refractivity contribution in [1.29, 1.82) is 5.41 Å². The molecule has 1 aromatic carbocycles. The minimum absolute atomic E-state index is 0.0647. The number of methoxy groups -OCH3 is 1. The van der Waals surface area contributed by atoms with E-state index in [2.05, 4.69) is 0 Å². The molecule has 13 heavy (non-hydrogen) atoms. The number of ether oxygens (including phenoxy) is 1. The van der Waals surface area contributed by atoms with Gasteiger partial charge in [0.2, 0.25) is 0 Å². The Bertz CT molecular complexity index is 314. The second kappa shape index (κ2) is 4.30. The first-order chi connectivity index (χ1) is 6.26. The lowest BCUT2D eigenvalue weighted by molar-refractivity contribution is 0.414. The molecule has 0 aliphatic heterocycles. The summed E-state index contributed by atoms with van der Waals surface area (Å²) in [6.45, 7) is 0. The van der Waals surface area contributed by atoms with E-state index in [1.165, 1.54) is 6.08 Å². The number of aliphatic hydroxyl groups is 1. The first-order valence-electron chi connectivity index (χ1n) is 3.81. The molecule has 0 aromatic heterocycles. The van der Waals surface area contributed by atoms with Crippen LogP contribution in [-0.4, -0.2) is 18.4 Å². The maximum absolute atomic E-state index is 9.02. The molecule has 0 amide bonds. The van der Waals surface area contributed by atoms with E-state index in [1.54, 1.807) is 31.4 Å². The number of benzene rings is 1. The topological polar surface area (TPSA) is 53.3 Å².